The van der Waals surface area contributed by atoms with Crippen LogP contribution in [0.4, 0.5) is 9.52 Å². The summed E-state index contributed by atoms with van der Waals surface area (Å²) in [7, 11) is 4.07. The van der Waals surface area contributed by atoms with Crippen LogP contribution in [0.5, 0.6) is 0 Å². The smallest absolute Gasteiger partial charge is 0.231 e. The van der Waals surface area contributed by atoms with Crippen molar-refractivity contribution in [1.82, 2.24) is 9.88 Å². The Bertz CT molecular complexity index is 725. The third kappa shape index (κ3) is 4.55. The molecule has 4 nitrogen and oxygen atoms in total. The van der Waals surface area contributed by atoms with Crippen LogP contribution < -0.4 is 4.90 Å². The molecule has 1 aromatic carbocycles. The summed E-state index contributed by atoms with van der Waals surface area (Å²) in [5, 5.41) is 0.704. The highest BCUT2D eigenvalue weighted by atomic mass is 32.1. The zero-order valence-electron chi connectivity index (χ0n) is 15.0. The van der Waals surface area contributed by atoms with E-state index in [2.05, 4.69) is 9.88 Å². The van der Waals surface area contributed by atoms with Crippen molar-refractivity contribution in [2.75, 3.05) is 32.1 Å². The number of carbonyl (C=O) groups excluding carboxylic acids is 1. The zero-order valence-corrected chi connectivity index (χ0v) is 15.8. The summed E-state index contributed by atoms with van der Waals surface area (Å²) >= 11 is 1.41. The van der Waals surface area contributed by atoms with Crippen LogP contribution in [-0.2, 0) is 4.79 Å². The highest BCUT2D eigenvalue weighted by Crippen LogP contribution is 2.33. The fourth-order valence-corrected chi connectivity index (χ4v) is 4.44. The van der Waals surface area contributed by atoms with Gasteiger partial charge in [-0.1, -0.05) is 30.6 Å². The predicted molar refractivity (Wildman–Crippen MR) is 102 cm³/mol. The number of anilines is 1. The molecule has 1 aliphatic rings. The number of halogens is 1. The number of benzene rings is 1. The van der Waals surface area contributed by atoms with Gasteiger partial charge in [0.25, 0.3) is 0 Å². The van der Waals surface area contributed by atoms with Crippen molar-refractivity contribution in [1.29, 1.82) is 0 Å². The molecule has 3 rings (SSSR count). The number of nitrogens with zero attached hydrogens (tertiary/aromatic N) is 3. The molecule has 1 amide bonds. The second kappa shape index (κ2) is 8.23. The molecule has 0 atom stereocenters. The molecule has 1 saturated carbocycles. The molecule has 1 aliphatic carbocycles. The fourth-order valence-electron chi connectivity index (χ4n) is 3.42. The van der Waals surface area contributed by atoms with Gasteiger partial charge in [-0.05, 0) is 58.1 Å². The Morgan fingerprint density at radius 1 is 1.24 bits per heavy atom. The van der Waals surface area contributed by atoms with Crippen molar-refractivity contribution in [2.24, 2.45) is 5.92 Å². The second-order valence-electron chi connectivity index (χ2n) is 7.09. The average Bonchev–Trinajstić information content (AvgIpc) is 3.01. The van der Waals surface area contributed by atoms with Crippen LogP contribution in [0.2, 0.25) is 0 Å². The van der Waals surface area contributed by atoms with Crippen molar-refractivity contribution in [3.63, 3.8) is 0 Å². The molecule has 136 valence electrons. The van der Waals surface area contributed by atoms with Gasteiger partial charge in [0, 0.05) is 12.5 Å². The lowest BCUT2D eigenvalue weighted by Crippen LogP contribution is -2.38. The first-order valence-corrected chi connectivity index (χ1v) is 9.88. The summed E-state index contributed by atoms with van der Waals surface area (Å²) in [6.45, 7) is 1.59. The fraction of sp³-hybridized carbons (Fsp3) is 0.579. The Labute approximate surface area is 152 Å². The summed E-state index contributed by atoms with van der Waals surface area (Å²) in [4.78, 5) is 21.7. The summed E-state index contributed by atoms with van der Waals surface area (Å²) in [6, 6.07) is 4.61. The Hall–Kier alpha value is -1.53. The first kappa shape index (κ1) is 18.3. The van der Waals surface area contributed by atoms with E-state index in [4.69, 9.17) is 0 Å². The third-order valence-corrected chi connectivity index (χ3v) is 5.82. The number of fused-ring (bicyclic) bond motifs is 1. The molecule has 0 N–H and O–H groups in total. The van der Waals surface area contributed by atoms with Gasteiger partial charge in [-0.2, -0.15) is 0 Å². The van der Waals surface area contributed by atoms with Crippen LogP contribution in [0.3, 0.4) is 0 Å². The summed E-state index contributed by atoms with van der Waals surface area (Å²) < 4.78 is 14.3. The van der Waals surface area contributed by atoms with E-state index in [0.717, 1.165) is 48.9 Å². The standard InChI is InChI=1S/C19H26FN3OS/c1-22(2)11-6-12-23(18(24)14-7-4-3-5-8-14)19-21-16-10-9-15(20)13-17(16)25-19/h9-10,13-14H,3-8,11-12H2,1-2H3. The average molecular weight is 364 g/mol. The highest BCUT2D eigenvalue weighted by Gasteiger charge is 2.28. The number of carbonyl (C=O) groups is 1. The molecule has 0 spiro atoms. The van der Waals surface area contributed by atoms with Crippen molar-refractivity contribution < 1.29 is 9.18 Å². The third-order valence-electron chi connectivity index (χ3n) is 4.78. The van der Waals surface area contributed by atoms with Gasteiger partial charge < -0.3 is 4.90 Å². The van der Waals surface area contributed by atoms with E-state index in [-0.39, 0.29) is 17.6 Å². The number of thiazole rings is 1. The van der Waals surface area contributed by atoms with Gasteiger partial charge in [0.05, 0.1) is 10.2 Å². The van der Waals surface area contributed by atoms with Gasteiger partial charge >= 0.3 is 0 Å². The Balaban J connectivity index is 1.83. The molecule has 0 radical (unpaired) electrons. The molecule has 1 fully saturated rings. The SMILES string of the molecule is CN(C)CCCN(C(=O)C1CCCCC1)c1nc2ccc(F)cc2s1. The number of hydrogen-bond acceptors (Lipinski definition) is 4. The van der Waals surface area contributed by atoms with E-state index >= 15 is 0 Å². The van der Waals surface area contributed by atoms with Crippen LogP contribution in [0, 0.1) is 11.7 Å². The minimum atomic E-state index is -0.263. The molecular formula is C19H26FN3OS. The summed E-state index contributed by atoms with van der Waals surface area (Å²) in [5.41, 5.74) is 0.760. The summed E-state index contributed by atoms with van der Waals surface area (Å²) in [5.74, 6) is 0.0373. The number of amides is 1. The van der Waals surface area contributed by atoms with Crippen molar-refractivity contribution in [2.45, 2.75) is 38.5 Å². The van der Waals surface area contributed by atoms with Crippen LogP contribution in [0.25, 0.3) is 10.2 Å². The van der Waals surface area contributed by atoms with Crippen LogP contribution >= 0.6 is 11.3 Å². The monoisotopic (exact) mass is 363 g/mol. The maximum absolute atomic E-state index is 13.5. The number of hydrogen-bond donors (Lipinski definition) is 0. The van der Waals surface area contributed by atoms with Crippen molar-refractivity contribution >= 4 is 32.6 Å². The van der Waals surface area contributed by atoms with Gasteiger partial charge in [0.1, 0.15) is 5.82 Å². The van der Waals surface area contributed by atoms with E-state index in [9.17, 15) is 9.18 Å². The van der Waals surface area contributed by atoms with Crippen LogP contribution in [0.1, 0.15) is 38.5 Å². The van der Waals surface area contributed by atoms with Crippen LogP contribution in [-0.4, -0.2) is 43.0 Å². The maximum Gasteiger partial charge on any atom is 0.231 e. The topological polar surface area (TPSA) is 36.4 Å². The molecule has 0 aliphatic heterocycles. The van der Waals surface area contributed by atoms with E-state index < -0.39 is 0 Å². The van der Waals surface area contributed by atoms with Gasteiger partial charge in [0.2, 0.25) is 5.91 Å². The van der Waals surface area contributed by atoms with Gasteiger partial charge in [-0.3, -0.25) is 9.69 Å². The van der Waals surface area contributed by atoms with Crippen molar-refractivity contribution in [3.8, 4) is 0 Å². The quantitative estimate of drug-likeness (QED) is 0.768. The van der Waals surface area contributed by atoms with Crippen molar-refractivity contribution in [3.05, 3.63) is 24.0 Å². The zero-order chi connectivity index (χ0) is 17.8. The first-order chi connectivity index (χ1) is 12.0. The minimum Gasteiger partial charge on any atom is -0.309 e. The highest BCUT2D eigenvalue weighted by molar-refractivity contribution is 7.22. The second-order valence-corrected chi connectivity index (χ2v) is 8.10. The molecule has 1 aromatic heterocycles. The number of aromatic nitrogens is 1. The van der Waals surface area contributed by atoms with E-state index in [1.807, 2.05) is 19.0 Å². The lowest BCUT2D eigenvalue weighted by molar-refractivity contribution is -0.123. The first-order valence-electron chi connectivity index (χ1n) is 9.07. The molecule has 25 heavy (non-hydrogen) atoms. The van der Waals surface area contributed by atoms with Gasteiger partial charge in [-0.15, -0.1) is 0 Å². The largest absolute Gasteiger partial charge is 0.309 e. The van der Waals surface area contributed by atoms with Gasteiger partial charge in [0.15, 0.2) is 5.13 Å². The lowest BCUT2D eigenvalue weighted by atomic mass is 9.88. The molecular weight excluding hydrogens is 337 g/mol. The Kier molecular flexibility index (Phi) is 6.02. The van der Waals surface area contributed by atoms with Gasteiger partial charge in [-0.25, -0.2) is 9.37 Å². The van der Waals surface area contributed by atoms with E-state index in [1.165, 1.54) is 29.9 Å². The van der Waals surface area contributed by atoms with E-state index in [0.29, 0.717) is 11.7 Å². The molecule has 2 aromatic rings. The molecule has 0 bridgehead atoms. The summed E-state index contributed by atoms with van der Waals surface area (Å²) in [6.07, 6.45) is 6.34. The maximum atomic E-state index is 13.5. The lowest BCUT2D eigenvalue weighted by Gasteiger charge is -2.28. The number of rotatable bonds is 6. The molecule has 0 saturated heterocycles. The normalized spacial score (nSPS) is 15.8. The minimum absolute atomic E-state index is 0.108. The molecule has 0 unspecified atom stereocenters. The Morgan fingerprint density at radius 2 is 2.00 bits per heavy atom. The van der Waals surface area contributed by atoms with Crippen LogP contribution in [0.15, 0.2) is 18.2 Å². The molecule has 6 heteroatoms. The Morgan fingerprint density at radius 3 is 2.72 bits per heavy atom. The predicted octanol–water partition coefficient (Wildman–Crippen LogP) is 4.30. The van der Waals surface area contributed by atoms with E-state index in [1.54, 1.807) is 6.07 Å². The molecule has 1 heterocycles.